The molecule has 0 spiro atoms. The molecule has 0 heterocycles. The Kier molecular flexibility index (Phi) is 5.04. The molecule has 1 amide bonds. The number of carbonyl (C=O) groups excluding carboxylic acids is 1. The van der Waals surface area contributed by atoms with Crippen LogP contribution in [-0.2, 0) is 4.74 Å². The molecule has 0 aliphatic heterocycles. The molecule has 1 aromatic rings. The van der Waals surface area contributed by atoms with Gasteiger partial charge in [-0.15, -0.1) is 0 Å². The first kappa shape index (κ1) is 15.9. The molecule has 0 aliphatic rings. The van der Waals surface area contributed by atoms with E-state index in [-0.39, 0.29) is 12.3 Å². The quantitative estimate of drug-likeness (QED) is 0.775. The van der Waals surface area contributed by atoms with Crippen molar-refractivity contribution < 1.29 is 14.6 Å². The molecule has 0 saturated carbocycles. The molecule has 0 aliphatic carbocycles. The molecule has 0 unspecified atom stereocenters. The molecule has 4 nitrogen and oxygen atoms in total. The zero-order valence-electron chi connectivity index (χ0n) is 12.6. The summed E-state index contributed by atoms with van der Waals surface area (Å²) in [4.78, 5) is 11.4. The monoisotopic (exact) mass is 275 g/mol. The Bertz CT molecular complexity index is 536. The number of carbonyl (C=O) groups is 1. The molecular weight excluding hydrogens is 254 g/mol. The number of aromatic hydroxyl groups is 1. The first-order chi connectivity index (χ1) is 9.19. The number of phenolic OH excluding ortho intramolecular Hbond substituents is 1. The average Bonchev–Trinajstić information content (AvgIpc) is 2.23. The van der Waals surface area contributed by atoms with E-state index >= 15 is 0 Å². The maximum Gasteiger partial charge on any atom is 0.408 e. The van der Waals surface area contributed by atoms with Crippen molar-refractivity contribution in [3.63, 3.8) is 0 Å². The lowest BCUT2D eigenvalue weighted by atomic mass is 10.0. The fraction of sp³-hybridized carbons (Fsp3) is 0.438. The second kappa shape index (κ2) is 6.33. The maximum absolute atomic E-state index is 11.4. The van der Waals surface area contributed by atoms with Gasteiger partial charge in [0.15, 0.2) is 0 Å². The average molecular weight is 275 g/mol. The second-order valence-corrected chi connectivity index (χ2v) is 5.61. The second-order valence-electron chi connectivity index (χ2n) is 5.61. The normalized spacial score (nSPS) is 10.4. The number of phenols is 1. The molecule has 20 heavy (non-hydrogen) atoms. The molecule has 2 N–H and O–H groups in total. The number of benzene rings is 1. The van der Waals surface area contributed by atoms with Gasteiger partial charge in [-0.3, -0.25) is 0 Å². The molecule has 0 radical (unpaired) electrons. The van der Waals surface area contributed by atoms with Gasteiger partial charge in [-0.1, -0.05) is 11.8 Å². The van der Waals surface area contributed by atoms with Crippen LogP contribution < -0.4 is 5.32 Å². The Balaban J connectivity index is 2.62. The summed E-state index contributed by atoms with van der Waals surface area (Å²) < 4.78 is 5.10. The van der Waals surface area contributed by atoms with Gasteiger partial charge in [-0.25, -0.2) is 4.79 Å². The SMILES string of the molecule is Cc1cc(O)cc(C)c1C#CCNC(=O)OC(C)(C)C. The largest absolute Gasteiger partial charge is 0.508 e. The Morgan fingerprint density at radius 3 is 2.35 bits per heavy atom. The van der Waals surface area contributed by atoms with Crippen molar-refractivity contribution in [1.29, 1.82) is 0 Å². The highest BCUT2D eigenvalue weighted by molar-refractivity contribution is 5.68. The van der Waals surface area contributed by atoms with Crippen LogP contribution in [0.5, 0.6) is 5.75 Å². The fourth-order valence-electron chi connectivity index (χ4n) is 1.70. The van der Waals surface area contributed by atoms with Gasteiger partial charge in [-0.2, -0.15) is 0 Å². The van der Waals surface area contributed by atoms with E-state index in [2.05, 4.69) is 17.2 Å². The molecule has 0 atom stereocenters. The van der Waals surface area contributed by atoms with Crippen molar-refractivity contribution in [3.05, 3.63) is 28.8 Å². The van der Waals surface area contributed by atoms with Gasteiger partial charge in [0.05, 0.1) is 6.54 Å². The van der Waals surface area contributed by atoms with Gasteiger partial charge in [0.1, 0.15) is 11.4 Å². The lowest BCUT2D eigenvalue weighted by Gasteiger charge is -2.19. The third-order valence-electron chi connectivity index (χ3n) is 2.45. The predicted octanol–water partition coefficient (Wildman–Crippen LogP) is 2.89. The fourth-order valence-corrected chi connectivity index (χ4v) is 1.70. The van der Waals surface area contributed by atoms with E-state index in [4.69, 9.17) is 4.74 Å². The van der Waals surface area contributed by atoms with Crippen LogP contribution in [0, 0.1) is 25.7 Å². The summed E-state index contributed by atoms with van der Waals surface area (Å²) in [6.45, 7) is 9.41. The van der Waals surface area contributed by atoms with E-state index in [1.807, 2.05) is 13.8 Å². The molecule has 0 bridgehead atoms. The van der Waals surface area contributed by atoms with Crippen molar-refractivity contribution in [2.75, 3.05) is 6.54 Å². The van der Waals surface area contributed by atoms with Gasteiger partial charge in [-0.05, 0) is 57.9 Å². The third-order valence-corrected chi connectivity index (χ3v) is 2.45. The van der Waals surface area contributed by atoms with Crippen LogP contribution in [0.1, 0.15) is 37.5 Å². The third kappa shape index (κ3) is 5.23. The first-order valence-corrected chi connectivity index (χ1v) is 6.45. The van der Waals surface area contributed by atoms with Crippen LogP contribution in [0.4, 0.5) is 4.79 Å². The van der Waals surface area contributed by atoms with Crippen LogP contribution in [0.2, 0.25) is 0 Å². The van der Waals surface area contributed by atoms with Crippen LogP contribution in [-0.4, -0.2) is 23.3 Å². The minimum atomic E-state index is -0.512. The number of ether oxygens (including phenoxy) is 1. The van der Waals surface area contributed by atoms with Gasteiger partial charge < -0.3 is 15.2 Å². The Hall–Kier alpha value is -2.15. The van der Waals surface area contributed by atoms with Crippen molar-refractivity contribution in [2.24, 2.45) is 0 Å². The highest BCUT2D eigenvalue weighted by Gasteiger charge is 2.15. The summed E-state index contributed by atoms with van der Waals surface area (Å²) in [5.41, 5.74) is 2.18. The summed E-state index contributed by atoms with van der Waals surface area (Å²) in [6, 6.07) is 3.33. The van der Waals surface area contributed by atoms with E-state index in [1.54, 1.807) is 32.9 Å². The summed E-state index contributed by atoms with van der Waals surface area (Å²) in [6.07, 6.45) is -0.481. The van der Waals surface area contributed by atoms with Gasteiger partial charge in [0.25, 0.3) is 0 Å². The molecule has 0 aromatic heterocycles. The number of alkyl carbamates (subject to hydrolysis) is 1. The molecular formula is C16H21NO3. The van der Waals surface area contributed by atoms with E-state index in [9.17, 15) is 9.90 Å². The standard InChI is InChI=1S/C16H21NO3/c1-11-9-13(18)10-12(2)14(11)7-6-8-17-15(19)20-16(3,4)5/h9-10,18H,8H2,1-5H3,(H,17,19). The zero-order chi connectivity index (χ0) is 15.3. The number of rotatable bonds is 1. The highest BCUT2D eigenvalue weighted by atomic mass is 16.6. The predicted molar refractivity (Wildman–Crippen MR) is 78.7 cm³/mol. The first-order valence-electron chi connectivity index (χ1n) is 6.45. The van der Waals surface area contributed by atoms with Crippen molar-refractivity contribution in [1.82, 2.24) is 5.32 Å². The lowest BCUT2D eigenvalue weighted by molar-refractivity contribution is 0.0535. The summed E-state index contributed by atoms with van der Waals surface area (Å²) in [7, 11) is 0. The van der Waals surface area contributed by atoms with E-state index in [0.717, 1.165) is 16.7 Å². The highest BCUT2D eigenvalue weighted by Crippen LogP contribution is 2.19. The molecule has 108 valence electrons. The smallest absolute Gasteiger partial charge is 0.408 e. The van der Waals surface area contributed by atoms with Crippen LogP contribution in [0.25, 0.3) is 0 Å². The van der Waals surface area contributed by atoms with Crippen LogP contribution in [0.15, 0.2) is 12.1 Å². The molecule has 4 heteroatoms. The zero-order valence-corrected chi connectivity index (χ0v) is 12.6. The Morgan fingerprint density at radius 1 is 1.30 bits per heavy atom. The summed E-state index contributed by atoms with van der Waals surface area (Å²) in [5, 5.41) is 12.0. The minimum Gasteiger partial charge on any atom is -0.508 e. The van der Waals surface area contributed by atoms with Gasteiger partial charge in [0, 0.05) is 5.56 Å². The summed E-state index contributed by atoms with van der Waals surface area (Å²) in [5.74, 6) is 6.10. The number of aryl methyl sites for hydroxylation is 2. The molecule has 1 aromatic carbocycles. The Morgan fingerprint density at radius 2 is 1.85 bits per heavy atom. The van der Waals surface area contributed by atoms with Gasteiger partial charge in [0.2, 0.25) is 0 Å². The molecule has 0 fully saturated rings. The maximum atomic E-state index is 11.4. The number of amides is 1. The molecule has 1 rings (SSSR count). The van der Waals surface area contributed by atoms with E-state index < -0.39 is 11.7 Å². The number of nitrogens with one attached hydrogen (secondary N) is 1. The van der Waals surface area contributed by atoms with E-state index in [0.29, 0.717) is 0 Å². The minimum absolute atomic E-state index is 0.217. The van der Waals surface area contributed by atoms with Crippen molar-refractivity contribution >= 4 is 6.09 Å². The van der Waals surface area contributed by atoms with E-state index in [1.165, 1.54) is 0 Å². The van der Waals surface area contributed by atoms with Gasteiger partial charge >= 0.3 is 6.09 Å². The van der Waals surface area contributed by atoms with Crippen molar-refractivity contribution in [3.8, 4) is 17.6 Å². The van der Waals surface area contributed by atoms with Crippen LogP contribution >= 0.6 is 0 Å². The van der Waals surface area contributed by atoms with Crippen molar-refractivity contribution in [2.45, 2.75) is 40.2 Å². The summed E-state index contributed by atoms with van der Waals surface area (Å²) >= 11 is 0. The topological polar surface area (TPSA) is 58.6 Å². The Labute approximate surface area is 120 Å². The lowest BCUT2D eigenvalue weighted by Crippen LogP contribution is -2.32. The number of hydrogen-bond donors (Lipinski definition) is 2. The van der Waals surface area contributed by atoms with Crippen LogP contribution in [0.3, 0.4) is 0 Å². The molecule has 0 saturated heterocycles. The number of hydrogen-bond acceptors (Lipinski definition) is 3.